The number of hydrogen-bond acceptors (Lipinski definition) is 5. The number of aromatic nitrogens is 2. The molecule has 0 aliphatic heterocycles. The van der Waals surface area contributed by atoms with Gasteiger partial charge in [0.2, 0.25) is 0 Å². The molecule has 1 aliphatic carbocycles. The summed E-state index contributed by atoms with van der Waals surface area (Å²) < 4.78 is 25.3. The third kappa shape index (κ3) is 3.02. The lowest BCUT2D eigenvalue weighted by Crippen LogP contribution is -2.19. The van der Waals surface area contributed by atoms with Crippen LogP contribution < -0.4 is 11.1 Å². The van der Waals surface area contributed by atoms with E-state index in [0.29, 0.717) is 18.3 Å². The fraction of sp³-hybridized carbons (Fsp3) is 0.750. The van der Waals surface area contributed by atoms with Crippen LogP contribution in [0.5, 0.6) is 0 Å². The molecule has 7 heteroatoms. The van der Waals surface area contributed by atoms with E-state index in [-0.39, 0.29) is 16.8 Å². The van der Waals surface area contributed by atoms with Crippen molar-refractivity contribution in [1.29, 1.82) is 0 Å². The second-order valence-electron chi connectivity index (χ2n) is 5.33. The maximum Gasteiger partial charge on any atom is 0.182 e. The van der Waals surface area contributed by atoms with Crippen LogP contribution in [-0.4, -0.2) is 30.5 Å². The van der Waals surface area contributed by atoms with E-state index in [4.69, 9.17) is 5.73 Å². The van der Waals surface area contributed by atoms with Crippen LogP contribution in [0.15, 0.2) is 4.90 Å². The monoisotopic (exact) mass is 286 g/mol. The number of nitrogens with zero attached hydrogens (tertiary/aromatic N) is 2. The zero-order chi connectivity index (χ0) is 14.2. The first-order chi connectivity index (χ1) is 8.84. The predicted octanol–water partition coefficient (Wildman–Crippen LogP) is 1.49. The molecule has 0 spiro atoms. The predicted molar refractivity (Wildman–Crippen MR) is 75.8 cm³/mol. The van der Waals surface area contributed by atoms with Crippen LogP contribution >= 0.6 is 0 Å². The molecular weight excluding hydrogens is 264 g/mol. The fourth-order valence-electron chi connectivity index (χ4n) is 2.23. The molecule has 1 saturated carbocycles. The minimum atomic E-state index is -3.38. The van der Waals surface area contributed by atoms with E-state index in [1.807, 2.05) is 6.92 Å². The number of hydrogen-bond donors (Lipinski definition) is 2. The van der Waals surface area contributed by atoms with Crippen LogP contribution in [0.4, 0.5) is 11.6 Å². The maximum absolute atomic E-state index is 11.9. The average molecular weight is 286 g/mol. The molecule has 6 nitrogen and oxygen atoms in total. The van der Waals surface area contributed by atoms with Crippen molar-refractivity contribution in [3.8, 4) is 0 Å². The smallest absolute Gasteiger partial charge is 0.182 e. The number of rotatable bonds is 6. The number of nitrogens with one attached hydrogen (secondary N) is 1. The molecule has 0 radical (unpaired) electrons. The van der Waals surface area contributed by atoms with E-state index in [0.717, 1.165) is 6.42 Å². The lowest BCUT2D eigenvalue weighted by Gasteiger charge is -2.12. The first-order valence-corrected chi connectivity index (χ1v) is 8.56. The highest BCUT2D eigenvalue weighted by atomic mass is 32.2. The minimum Gasteiger partial charge on any atom is -0.383 e. The molecule has 0 amide bonds. The second-order valence-corrected chi connectivity index (χ2v) is 7.28. The molecule has 3 N–H and O–H groups in total. The normalized spacial score (nSPS) is 17.4. The summed E-state index contributed by atoms with van der Waals surface area (Å²) in [4.78, 5) is 0.133. The van der Waals surface area contributed by atoms with Crippen molar-refractivity contribution in [3.05, 3.63) is 0 Å². The van der Waals surface area contributed by atoms with Crippen LogP contribution in [0.1, 0.15) is 33.1 Å². The van der Waals surface area contributed by atoms with Crippen molar-refractivity contribution in [3.63, 3.8) is 0 Å². The van der Waals surface area contributed by atoms with Gasteiger partial charge in [0.1, 0.15) is 5.82 Å². The summed E-state index contributed by atoms with van der Waals surface area (Å²) >= 11 is 0. The van der Waals surface area contributed by atoms with E-state index in [1.54, 1.807) is 4.68 Å². The summed E-state index contributed by atoms with van der Waals surface area (Å²) in [5, 5.41) is 7.52. The van der Waals surface area contributed by atoms with Crippen molar-refractivity contribution in [1.82, 2.24) is 9.78 Å². The van der Waals surface area contributed by atoms with Gasteiger partial charge in [-0.15, -0.1) is 0 Å². The standard InChI is InChI=1S/C12H22N4O2S/c1-4-7-16-11(13)10(19(3,17)18)12(15-16)14-8(2)9-5-6-9/h8-9H,4-7,13H2,1-3H3,(H,14,15). The summed E-state index contributed by atoms with van der Waals surface area (Å²) in [5.41, 5.74) is 5.93. The van der Waals surface area contributed by atoms with Gasteiger partial charge < -0.3 is 11.1 Å². The molecule has 1 fully saturated rings. The Labute approximate surface area is 114 Å². The zero-order valence-electron chi connectivity index (χ0n) is 11.7. The lowest BCUT2D eigenvalue weighted by molar-refractivity contribution is 0.600. The SMILES string of the molecule is CCCn1nc(NC(C)C2CC2)c(S(C)(=O)=O)c1N. The zero-order valence-corrected chi connectivity index (χ0v) is 12.5. The molecule has 2 rings (SSSR count). The van der Waals surface area contributed by atoms with E-state index < -0.39 is 9.84 Å². The van der Waals surface area contributed by atoms with Crippen molar-refractivity contribution in [2.75, 3.05) is 17.3 Å². The van der Waals surface area contributed by atoms with E-state index in [1.165, 1.54) is 19.1 Å². The van der Waals surface area contributed by atoms with Crippen LogP contribution in [0, 0.1) is 5.92 Å². The van der Waals surface area contributed by atoms with E-state index >= 15 is 0 Å². The van der Waals surface area contributed by atoms with Crippen molar-refractivity contribution < 1.29 is 8.42 Å². The van der Waals surface area contributed by atoms with Crippen LogP contribution in [0.3, 0.4) is 0 Å². The van der Waals surface area contributed by atoms with Crippen LogP contribution in [0.2, 0.25) is 0 Å². The average Bonchev–Trinajstić information content (AvgIpc) is 3.06. The van der Waals surface area contributed by atoms with E-state index in [2.05, 4.69) is 17.3 Å². The summed E-state index contributed by atoms with van der Waals surface area (Å²) in [5.74, 6) is 1.24. The Balaban J connectivity index is 2.36. The van der Waals surface area contributed by atoms with E-state index in [9.17, 15) is 8.42 Å². The highest BCUT2D eigenvalue weighted by molar-refractivity contribution is 7.91. The van der Waals surface area contributed by atoms with Gasteiger partial charge in [-0.05, 0) is 32.1 Å². The highest BCUT2D eigenvalue weighted by Crippen LogP contribution is 2.35. The third-order valence-corrected chi connectivity index (χ3v) is 4.59. The Morgan fingerprint density at radius 3 is 2.63 bits per heavy atom. The molecule has 1 aliphatic rings. The van der Waals surface area contributed by atoms with Gasteiger partial charge in [-0.3, -0.25) is 0 Å². The Morgan fingerprint density at radius 1 is 1.53 bits per heavy atom. The lowest BCUT2D eigenvalue weighted by atomic mass is 10.2. The number of anilines is 2. The van der Waals surface area contributed by atoms with Gasteiger partial charge in [0.05, 0.1) is 0 Å². The van der Waals surface area contributed by atoms with Crippen LogP contribution in [-0.2, 0) is 16.4 Å². The largest absolute Gasteiger partial charge is 0.383 e. The number of sulfone groups is 1. The van der Waals surface area contributed by atoms with Gasteiger partial charge in [-0.1, -0.05) is 6.92 Å². The van der Waals surface area contributed by atoms with Crippen LogP contribution in [0.25, 0.3) is 0 Å². The molecule has 0 saturated heterocycles. The molecule has 1 aromatic rings. The fourth-order valence-corrected chi connectivity index (χ4v) is 3.17. The van der Waals surface area contributed by atoms with Gasteiger partial charge in [-0.25, -0.2) is 13.1 Å². The number of aryl methyl sites for hydroxylation is 1. The Kier molecular flexibility index (Phi) is 3.75. The molecule has 1 heterocycles. The molecule has 1 aromatic heterocycles. The minimum absolute atomic E-state index is 0.133. The van der Waals surface area contributed by atoms with Crippen molar-refractivity contribution in [2.45, 2.75) is 50.6 Å². The molecule has 0 aromatic carbocycles. The Bertz CT molecular complexity index is 561. The molecule has 1 unspecified atom stereocenters. The summed E-state index contributed by atoms with van der Waals surface area (Å²) in [6, 6.07) is 0.227. The maximum atomic E-state index is 11.9. The summed E-state index contributed by atoms with van der Waals surface area (Å²) in [7, 11) is -3.38. The topological polar surface area (TPSA) is 90.0 Å². The first kappa shape index (κ1) is 14.2. The van der Waals surface area contributed by atoms with Crippen molar-refractivity contribution in [2.24, 2.45) is 5.92 Å². The van der Waals surface area contributed by atoms with Gasteiger partial charge >= 0.3 is 0 Å². The quantitative estimate of drug-likeness (QED) is 0.827. The molecular formula is C12H22N4O2S. The first-order valence-electron chi connectivity index (χ1n) is 6.67. The molecule has 1 atom stereocenters. The molecule has 108 valence electrons. The third-order valence-electron chi connectivity index (χ3n) is 3.45. The van der Waals surface area contributed by atoms with Gasteiger partial charge in [0, 0.05) is 18.8 Å². The Hall–Kier alpha value is -1.24. The number of nitrogen functional groups attached to an aromatic ring is 1. The van der Waals surface area contributed by atoms with Gasteiger partial charge in [0.15, 0.2) is 20.6 Å². The highest BCUT2D eigenvalue weighted by Gasteiger charge is 2.31. The van der Waals surface area contributed by atoms with Gasteiger partial charge in [0.25, 0.3) is 0 Å². The summed E-state index contributed by atoms with van der Waals surface area (Å²) in [6.45, 7) is 4.67. The second kappa shape index (κ2) is 5.03. The molecule has 19 heavy (non-hydrogen) atoms. The number of nitrogens with two attached hydrogens (primary N) is 1. The Morgan fingerprint density at radius 2 is 2.16 bits per heavy atom. The van der Waals surface area contributed by atoms with Gasteiger partial charge in [-0.2, -0.15) is 5.10 Å². The summed E-state index contributed by atoms with van der Waals surface area (Å²) in [6.07, 6.45) is 4.40. The van der Waals surface area contributed by atoms with Crippen molar-refractivity contribution >= 4 is 21.5 Å². The molecule has 0 bridgehead atoms.